The summed E-state index contributed by atoms with van der Waals surface area (Å²) in [6, 6.07) is 8.10. The van der Waals surface area contributed by atoms with Crippen LogP contribution in [0, 0.1) is 11.8 Å². The summed E-state index contributed by atoms with van der Waals surface area (Å²) in [5, 5.41) is 6.32. The SMILES string of the molecule is COc1ccccc1CNC(=O)C1CCC(C(=O)NC2CCCCCC2)CC1. The van der Waals surface area contributed by atoms with Crippen LogP contribution in [-0.4, -0.2) is 25.0 Å². The van der Waals surface area contributed by atoms with Crippen molar-refractivity contribution in [3.63, 3.8) is 0 Å². The summed E-state index contributed by atoms with van der Waals surface area (Å²) in [5.41, 5.74) is 0.981. The van der Waals surface area contributed by atoms with Gasteiger partial charge in [-0.05, 0) is 44.6 Å². The summed E-state index contributed by atoms with van der Waals surface area (Å²) < 4.78 is 5.34. The van der Waals surface area contributed by atoms with Gasteiger partial charge in [0, 0.05) is 30.0 Å². The first-order valence-corrected chi connectivity index (χ1v) is 10.9. The van der Waals surface area contributed by atoms with E-state index in [0.717, 1.165) is 49.8 Å². The Bertz CT molecular complexity index is 645. The standard InChI is InChI=1S/C23H34N2O3/c1-28-21-11-7-6-8-19(21)16-24-22(26)17-12-14-18(15-13-17)23(27)25-20-9-4-2-3-5-10-20/h6-8,11,17-18,20H,2-5,9-10,12-16H2,1H3,(H,24,26)(H,25,27). The second-order valence-corrected chi connectivity index (χ2v) is 8.28. The molecule has 2 aliphatic carbocycles. The average Bonchev–Trinajstić information content (AvgIpc) is 3.01. The van der Waals surface area contributed by atoms with E-state index < -0.39 is 0 Å². The highest BCUT2D eigenvalue weighted by Crippen LogP contribution is 2.30. The van der Waals surface area contributed by atoms with Crippen molar-refractivity contribution in [2.45, 2.75) is 76.8 Å². The summed E-state index contributed by atoms with van der Waals surface area (Å²) in [4.78, 5) is 25.2. The van der Waals surface area contributed by atoms with Crippen molar-refractivity contribution in [1.82, 2.24) is 10.6 Å². The van der Waals surface area contributed by atoms with Crippen LogP contribution in [0.5, 0.6) is 5.75 Å². The van der Waals surface area contributed by atoms with Crippen molar-refractivity contribution in [2.75, 3.05) is 7.11 Å². The first kappa shape index (κ1) is 20.7. The van der Waals surface area contributed by atoms with E-state index in [1.807, 2.05) is 24.3 Å². The molecule has 0 aromatic heterocycles. The molecule has 0 bridgehead atoms. The predicted molar refractivity (Wildman–Crippen MR) is 110 cm³/mol. The molecule has 3 rings (SSSR count). The zero-order valence-corrected chi connectivity index (χ0v) is 17.0. The number of para-hydroxylation sites is 1. The van der Waals surface area contributed by atoms with Crippen LogP contribution in [0.25, 0.3) is 0 Å². The predicted octanol–water partition coefficient (Wildman–Crippen LogP) is 3.96. The quantitative estimate of drug-likeness (QED) is 0.727. The van der Waals surface area contributed by atoms with Crippen LogP contribution in [0.4, 0.5) is 0 Å². The topological polar surface area (TPSA) is 67.4 Å². The first-order chi connectivity index (χ1) is 13.7. The molecule has 2 aliphatic rings. The second-order valence-electron chi connectivity index (χ2n) is 8.28. The Morgan fingerprint density at radius 3 is 2.14 bits per heavy atom. The molecular formula is C23H34N2O3. The average molecular weight is 387 g/mol. The maximum absolute atomic E-state index is 12.6. The fourth-order valence-corrected chi connectivity index (χ4v) is 4.54. The molecule has 5 heteroatoms. The molecule has 2 saturated carbocycles. The molecule has 5 nitrogen and oxygen atoms in total. The number of rotatable bonds is 6. The molecule has 28 heavy (non-hydrogen) atoms. The van der Waals surface area contributed by atoms with E-state index in [4.69, 9.17) is 4.74 Å². The van der Waals surface area contributed by atoms with Crippen LogP contribution in [0.2, 0.25) is 0 Å². The number of amides is 2. The van der Waals surface area contributed by atoms with Gasteiger partial charge in [-0.25, -0.2) is 0 Å². The fourth-order valence-electron chi connectivity index (χ4n) is 4.54. The Morgan fingerprint density at radius 1 is 0.893 bits per heavy atom. The van der Waals surface area contributed by atoms with E-state index in [0.29, 0.717) is 12.6 Å². The molecule has 2 N–H and O–H groups in total. The van der Waals surface area contributed by atoms with E-state index in [9.17, 15) is 9.59 Å². The number of nitrogens with one attached hydrogen (secondary N) is 2. The van der Waals surface area contributed by atoms with Gasteiger partial charge in [-0.3, -0.25) is 9.59 Å². The van der Waals surface area contributed by atoms with Gasteiger partial charge in [-0.1, -0.05) is 43.9 Å². The van der Waals surface area contributed by atoms with Gasteiger partial charge >= 0.3 is 0 Å². The van der Waals surface area contributed by atoms with E-state index in [1.165, 1.54) is 25.7 Å². The summed E-state index contributed by atoms with van der Waals surface area (Å²) in [7, 11) is 1.64. The van der Waals surface area contributed by atoms with Crippen LogP contribution in [0.15, 0.2) is 24.3 Å². The number of ether oxygens (including phenoxy) is 1. The number of hydrogen-bond acceptors (Lipinski definition) is 3. The van der Waals surface area contributed by atoms with E-state index in [-0.39, 0.29) is 23.7 Å². The number of hydrogen-bond donors (Lipinski definition) is 2. The van der Waals surface area contributed by atoms with Crippen LogP contribution >= 0.6 is 0 Å². The minimum Gasteiger partial charge on any atom is -0.496 e. The van der Waals surface area contributed by atoms with Crippen LogP contribution in [-0.2, 0) is 16.1 Å². The Kier molecular flexibility index (Phi) is 7.75. The third-order valence-corrected chi connectivity index (χ3v) is 6.32. The molecule has 0 unspecified atom stereocenters. The lowest BCUT2D eigenvalue weighted by Crippen LogP contribution is -2.41. The summed E-state index contributed by atoms with van der Waals surface area (Å²) in [6.45, 7) is 0.477. The van der Waals surface area contributed by atoms with Gasteiger partial charge in [0.2, 0.25) is 11.8 Å². The number of benzene rings is 1. The van der Waals surface area contributed by atoms with Gasteiger partial charge in [-0.2, -0.15) is 0 Å². The lowest BCUT2D eigenvalue weighted by atomic mass is 9.81. The number of methoxy groups -OCH3 is 1. The zero-order valence-electron chi connectivity index (χ0n) is 17.0. The summed E-state index contributed by atoms with van der Waals surface area (Å²) >= 11 is 0. The summed E-state index contributed by atoms with van der Waals surface area (Å²) in [6.07, 6.45) is 10.5. The third-order valence-electron chi connectivity index (χ3n) is 6.32. The lowest BCUT2D eigenvalue weighted by Gasteiger charge is -2.28. The molecule has 0 aliphatic heterocycles. The molecule has 0 atom stereocenters. The maximum atomic E-state index is 12.6. The van der Waals surface area contributed by atoms with Crippen molar-refractivity contribution < 1.29 is 14.3 Å². The second kappa shape index (κ2) is 10.5. The number of carbonyl (C=O) groups excluding carboxylic acids is 2. The smallest absolute Gasteiger partial charge is 0.223 e. The molecule has 2 amide bonds. The monoisotopic (exact) mass is 386 g/mol. The summed E-state index contributed by atoms with van der Waals surface area (Å²) in [5.74, 6) is 1.17. The first-order valence-electron chi connectivity index (χ1n) is 10.9. The highest BCUT2D eigenvalue weighted by molar-refractivity contribution is 5.81. The molecule has 154 valence electrons. The van der Waals surface area contributed by atoms with Crippen molar-refractivity contribution in [3.8, 4) is 5.75 Å². The lowest BCUT2D eigenvalue weighted by molar-refractivity contribution is -0.131. The van der Waals surface area contributed by atoms with Crippen molar-refractivity contribution in [1.29, 1.82) is 0 Å². The molecule has 1 aromatic rings. The normalized spacial score (nSPS) is 23.5. The highest BCUT2D eigenvalue weighted by Gasteiger charge is 2.30. The van der Waals surface area contributed by atoms with Gasteiger partial charge in [-0.15, -0.1) is 0 Å². The van der Waals surface area contributed by atoms with Gasteiger partial charge in [0.15, 0.2) is 0 Å². The highest BCUT2D eigenvalue weighted by atomic mass is 16.5. The zero-order chi connectivity index (χ0) is 19.8. The molecule has 1 aromatic carbocycles. The molecule has 0 spiro atoms. The molecule has 0 saturated heterocycles. The van der Waals surface area contributed by atoms with Crippen LogP contribution in [0.3, 0.4) is 0 Å². The minimum atomic E-state index is 0.0108. The largest absolute Gasteiger partial charge is 0.496 e. The van der Waals surface area contributed by atoms with Crippen LogP contribution < -0.4 is 15.4 Å². The maximum Gasteiger partial charge on any atom is 0.223 e. The molecule has 2 fully saturated rings. The third kappa shape index (κ3) is 5.73. The molecular weight excluding hydrogens is 352 g/mol. The van der Waals surface area contributed by atoms with Gasteiger partial charge < -0.3 is 15.4 Å². The van der Waals surface area contributed by atoms with Crippen molar-refractivity contribution in [3.05, 3.63) is 29.8 Å². The Morgan fingerprint density at radius 2 is 1.50 bits per heavy atom. The van der Waals surface area contributed by atoms with Gasteiger partial charge in [0.05, 0.1) is 7.11 Å². The molecule has 0 radical (unpaired) electrons. The van der Waals surface area contributed by atoms with E-state index >= 15 is 0 Å². The van der Waals surface area contributed by atoms with E-state index in [1.54, 1.807) is 7.11 Å². The number of carbonyl (C=O) groups is 2. The Balaban J connectivity index is 1.41. The minimum absolute atomic E-state index is 0.0108. The van der Waals surface area contributed by atoms with Crippen LogP contribution in [0.1, 0.15) is 69.8 Å². The van der Waals surface area contributed by atoms with Gasteiger partial charge in [0.1, 0.15) is 5.75 Å². The fraction of sp³-hybridized carbons (Fsp3) is 0.652. The van der Waals surface area contributed by atoms with Crippen molar-refractivity contribution in [2.24, 2.45) is 11.8 Å². The van der Waals surface area contributed by atoms with E-state index in [2.05, 4.69) is 10.6 Å². The van der Waals surface area contributed by atoms with Crippen molar-refractivity contribution >= 4 is 11.8 Å². The Hall–Kier alpha value is -2.04. The Labute approximate surface area is 168 Å². The molecule has 0 heterocycles. The van der Waals surface area contributed by atoms with Gasteiger partial charge in [0.25, 0.3) is 0 Å².